The average Bonchev–Trinajstić information content (AvgIpc) is 2.84. The Balaban J connectivity index is 0.000000211. The van der Waals surface area contributed by atoms with Gasteiger partial charge in [-0.05, 0) is 53.4 Å². The lowest BCUT2D eigenvalue weighted by Gasteiger charge is -2.07. The molecular formula is C26H24Cl2F2N2. The van der Waals surface area contributed by atoms with Crippen molar-refractivity contribution in [3.05, 3.63) is 106 Å². The van der Waals surface area contributed by atoms with Crippen LogP contribution in [0.1, 0.15) is 19.4 Å². The number of nitrogens with zero attached hydrogens (tertiary/aromatic N) is 1. The Hall–Kier alpha value is -2.95. The van der Waals surface area contributed by atoms with Crippen LogP contribution in [0, 0.1) is 18.6 Å². The first-order chi connectivity index (χ1) is 15.4. The van der Waals surface area contributed by atoms with Gasteiger partial charge in [0.15, 0.2) is 5.82 Å². The number of nitrogens with two attached hydrogens (primary N) is 1. The summed E-state index contributed by atoms with van der Waals surface area (Å²) in [5.41, 5.74) is 9.64. The fourth-order valence-corrected chi connectivity index (χ4v) is 3.30. The number of nitrogen functional groups attached to an aromatic ring is 1. The van der Waals surface area contributed by atoms with Crippen LogP contribution in [0.3, 0.4) is 0 Å². The van der Waals surface area contributed by atoms with E-state index in [1.165, 1.54) is 6.07 Å². The number of anilines is 1. The summed E-state index contributed by atoms with van der Waals surface area (Å²) in [6, 6.07) is 19.7. The molecule has 1 aromatic heterocycles. The van der Waals surface area contributed by atoms with Crippen LogP contribution in [0.2, 0.25) is 10.0 Å². The maximum atomic E-state index is 13.5. The van der Waals surface area contributed by atoms with Crippen molar-refractivity contribution in [1.29, 1.82) is 0 Å². The lowest BCUT2D eigenvalue weighted by Crippen LogP contribution is -1.95. The highest BCUT2D eigenvalue weighted by Gasteiger charge is 2.10. The van der Waals surface area contributed by atoms with Gasteiger partial charge in [0.05, 0.1) is 15.7 Å². The van der Waals surface area contributed by atoms with Crippen LogP contribution in [0.15, 0.2) is 79.1 Å². The highest BCUT2D eigenvalue weighted by Crippen LogP contribution is 2.31. The van der Waals surface area contributed by atoms with Crippen LogP contribution >= 0.6 is 23.2 Å². The zero-order valence-corrected chi connectivity index (χ0v) is 19.6. The standard InChI is InChI=1S/2C12H9ClFN.C2H6/c1-8-10(2-3-11(13)12(8)14)9-4-6-15-7-5-9;13-10-7-6-9(12(15)11(10)14)8-4-2-1-3-5-8;1-2/h2-7H,1H3;1-7H,15H2;1-2H3. The lowest BCUT2D eigenvalue weighted by atomic mass is 10.0. The van der Waals surface area contributed by atoms with E-state index in [-0.39, 0.29) is 21.5 Å². The number of rotatable bonds is 2. The average molecular weight is 473 g/mol. The summed E-state index contributed by atoms with van der Waals surface area (Å²) in [7, 11) is 0. The molecule has 3 aromatic carbocycles. The van der Waals surface area contributed by atoms with Crippen LogP contribution in [-0.4, -0.2) is 4.98 Å². The van der Waals surface area contributed by atoms with E-state index >= 15 is 0 Å². The van der Waals surface area contributed by atoms with Gasteiger partial charge in [0.2, 0.25) is 0 Å². The molecule has 1 heterocycles. The van der Waals surface area contributed by atoms with Crippen LogP contribution in [0.4, 0.5) is 14.5 Å². The Kier molecular flexibility index (Phi) is 9.63. The summed E-state index contributed by atoms with van der Waals surface area (Å²) in [4.78, 5) is 3.92. The van der Waals surface area contributed by atoms with Crippen molar-refractivity contribution in [3.8, 4) is 22.3 Å². The van der Waals surface area contributed by atoms with Gasteiger partial charge in [0, 0.05) is 18.0 Å². The van der Waals surface area contributed by atoms with Crippen molar-refractivity contribution < 1.29 is 8.78 Å². The maximum absolute atomic E-state index is 13.5. The van der Waals surface area contributed by atoms with Crippen molar-refractivity contribution in [1.82, 2.24) is 4.98 Å². The molecule has 32 heavy (non-hydrogen) atoms. The van der Waals surface area contributed by atoms with E-state index in [0.29, 0.717) is 11.1 Å². The van der Waals surface area contributed by atoms with Crippen molar-refractivity contribution in [2.45, 2.75) is 20.8 Å². The highest BCUT2D eigenvalue weighted by molar-refractivity contribution is 6.31. The molecule has 6 heteroatoms. The Bertz CT molecular complexity index is 1060. The highest BCUT2D eigenvalue weighted by atomic mass is 35.5. The molecule has 0 radical (unpaired) electrons. The first-order valence-corrected chi connectivity index (χ1v) is 10.8. The summed E-state index contributed by atoms with van der Waals surface area (Å²) < 4.78 is 26.9. The predicted octanol–water partition coefficient (Wildman–Crippen LogP) is 8.60. The third kappa shape index (κ3) is 6.06. The van der Waals surface area contributed by atoms with Gasteiger partial charge in [-0.2, -0.15) is 0 Å². The lowest BCUT2D eigenvalue weighted by molar-refractivity contribution is 0.619. The van der Waals surface area contributed by atoms with Crippen molar-refractivity contribution >= 4 is 28.9 Å². The molecule has 0 aliphatic rings. The Labute approximate surface area is 197 Å². The monoisotopic (exact) mass is 472 g/mol. The topological polar surface area (TPSA) is 38.9 Å². The van der Waals surface area contributed by atoms with Crippen molar-refractivity contribution in [2.75, 3.05) is 5.73 Å². The van der Waals surface area contributed by atoms with Gasteiger partial charge < -0.3 is 5.73 Å². The number of hydrogen-bond donors (Lipinski definition) is 1. The predicted molar refractivity (Wildman–Crippen MR) is 132 cm³/mol. The van der Waals surface area contributed by atoms with E-state index < -0.39 is 5.82 Å². The van der Waals surface area contributed by atoms with Crippen LogP contribution < -0.4 is 5.73 Å². The van der Waals surface area contributed by atoms with E-state index in [2.05, 4.69) is 4.98 Å². The molecule has 0 aliphatic heterocycles. The van der Waals surface area contributed by atoms with E-state index in [0.717, 1.165) is 16.7 Å². The zero-order chi connectivity index (χ0) is 23.7. The van der Waals surface area contributed by atoms with Gasteiger partial charge in [0.25, 0.3) is 0 Å². The SMILES string of the molecule is CC.Cc1c(-c2ccncc2)ccc(Cl)c1F.Nc1c(-c2ccccc2)ccc(Cl)c1F. The van der Waals surface area contributed by atoms with E-state index in [4.69, 9.17) is 28.9 Å². The molecular weight excluding hydrogens is 449 g/mol. The normalized spacial score (nSPS) is 9.84. The van der Waals surface area contributed by atoms with E-state index in [1.54, 1.807) is 31.5 Å². The minimum atomic E-state index is -0.557. The largest absolute Gasteiger partial charge is 0.396 e. The molecule has 0 amide bonds. The smallest absolute Gasteiger partial charge is 0.165 e. The quantitative estimate of drug-likeness (QED) is 0.296. The van der Waals surface area contributed by atoms with Crippen LogP contribution in [0.5, 0.6) is 0 Å². The molecule has 0 unspecified atom stereocenters. The Morgan fingerprint density at radius 1 is 0.688 bits per heavy atom. The second-order valence-corrected chi connectivity index (χ2v) is 7.27. The molecule has 2 N–H and O–H groups in total. The minimum absolute atomic E-state index is 0.0483. The second-order valence-electron chi connectivity index (χ2n) is 6.46. The fraction of sp³-hybridized carbons (Fsp3) is 0.115. The molecule has 0 spiro atoms. The third-order valence-corrected chi connectivity index (χ3v) is 5.13. The molecule has 0 aliphatic carbocycles. The molecule has 166 valence electrons. The number of aromatic nitrogens is 1. The van der Waals surface area contributed by atoms with Crippen LogP contribution in [0.25, 0.3) is 22.3 Å². The second kappa shape index (κ2) is 12.2. The zero-order valence-electron chi connectivity index (χ0n) is 18.0. The van der Waals surface area contributed by atoms with Gasteiger partial charge in [-0.3, -0.25) is 4.98 Å². The fourth-order valence-electron chi connectivity index (χ4n) is 2.93. The van der Waals surface area contributed by atoms with E-state index in [1.807, 2.05) is 62.4 Å². The Morgan fingerprint density at radius 3 is 1.78 bits per heavy atom. The maximum Gasteiger partial charge on any atom is 0.165 e. The first-order valence-electron chi connectivity index (χ1n) is 10.0. The van der Waals surface area contributed by atoms with E-state index in [9.17, 15) is 8.78 Å². The molecule has 0 saturated carbocycles. The van der Waals surface area contributed by atoms with Crippen molar-refractivity contribution in [3.63, 3.8) is 0 Å². The summed E-state index contributed by atoms with van der Waals surface area (Å²) in [6.07, 6.45) is 3.36. The molecule has 4 rings (SSSR count). The molecule has 0 atom stereocenters. The molecule has 4 aromatic rings. The number of hydrogen-bond acceptors (Lipinski definition) is 2. The Morgan fingerprint density at radius 2 is 1.19 bits per heavy atom. The molecule has 0 saturated heterocycles. The van der Waals surface area contributed by atoms with Gasteiger partial charge in [-0.1, -0.05) is 79.5 Å². The number of benzene rings is 3. The van der Waals surface area contributed by atoms with Gasteiger partial charge in [-0.15, -0.1) is 0 Å². The summed E-state index contributed by atoms with van der Waals surface area (Å²) in [6.45, 7) is 5.72. The first kappa shape index (κ1) is 25.3. The van der Waals surface area contributed by atoms with Gasteiger partial charge in [0.1, 0.15) is 5.82 Å². The number of pyridine rings is 1. The molecule has 2 nitrogen and oxygen atoms in total. The van der Waals surface area contributed by atoms with Gasteiger partial charge in [-0.25, -0.2) is 8.78 Å². The molecule has 0 bridgehead atoms. The third-order valence-electron chi connectivity index (χ3n) is 4.55. The van der Waals surface area contributed by atoms with Crippen LogP contribution in [-0.2, 0) is 0 Å². The van der Waals surface area contributed by atoms with Crippen molar-refractivity contribution in [2.24, 2.45) is 0 Å². The minimum Gasteiger partial charge on any atom is -0.396 e. The van der Waals surface area contributed by atoms with Gasteiger partial charge >= 0.3 is 0 Å². The summed E-state index contributed by atoms with van der Waals surface area (Å²) >= 11 is 11.3. The molecule has 0 fully saturated rings. The summed E-state index contributed by atoms with van der Waals surface area (Å²) in [5, 5.41) is 0.206. The number of halogens is 4. The summed E-state index contributed by atoms with van der Waals surface area (Å²) in [5.74, 6) is -0.913.